The van der Waals surface area contributed by atoms with Crippen molar-refractivity contribution >= 4 is 39.1 Å². The largest absolute Gasteiger partial charge is 0.491 e. The van der Waals surface area contributed by atoms with Gasteiger partial charge in [0.2, 0.25) is 0 Å². The van der Waals surface area contributed by atoms with E-state index in [-0.39, 0.29) is 12.5 Å². The number of anilines is 1. The molecule has 1 amide bonds. The lowest BCUT2D eigenvalue weighted by Gasteiger charge is -2.10. The minimum absolute atomic E-state index is 0.132. The van der Waals surface area contributed by atoms with Crippen LogP contribution in [0.25, 0.3) is 0 Å². The van der Waals surface area contributed by atoms with Gasteiger partial charge in [0.05, 0.1) is 11.6 Å². The summed E-state index contributed by atoms with van der Waals surface area (Å²) in [5.41, 5.74) is 0.657. The number of methoxy groups -OCH3 is 1. The first-order valence-electron chi connectivity index (χ1n) is 7.18. The van der Waals surface area contributed by atoms with E-state index in [4.69, 9.17) is 25.8 Å². The van der Waals surface area contributed by atoms with Gasteiger partial charge in [-0.1, -0.05) is 27.5 Å². The molecular formula is C17H17BrClNO4. The molecule has 0 saturated heterocycles. The van der Waals surface area contributed by atoms with Gasteiger partial charge in [0.1, 0.15) is 18.1 Å². The second-order valence-electron chi connectivity index (χ2n) is 4.78. The summed E-state index contributed by atoms with van der Waals surface area (Å²) in [5, 5.41) is 3.18. The summed E-state index contributed by atoms with van der Waals surface area (Å²) >= 11 is 9.34. The first kappa shape index (κ1) is 18.6. The third-order valence-electron chi connectivity index (χ3n) is 2.95. The van der Waals surface area contributed by atoms with Crippen LogP contribution in [-0.4, -0.2) is 32.8 Å². The maximum Gasteiger partial charge on any atom is 0.262 e. The Bertz CT molecular complexity index is 679. The zero-order valence-corrected chi connectivity index (χ0v) is 15.4. The maximum absolute atomic E-state index is 11.9. The minimum Gasteiger partial charge on any atom is -0.491 e. The molecule has 24 heavy (non-hydrogen) atoms. The molecule has 0 aliphatic carbocycles. The van der Waals surface area contributed by atoms with Crippen LogP contribution in [0.2, 0.25) is 5.02 Å². The van der Waals surface area contributed by atoms with Crippen LogP contribution in [0.5, 0.6) is 11.5 Å². The molecule has 5 nitrogen and oxygen atoms in total. The number of hydrogen-bond donors (Lipinski definition) is 1. The third kappa shape index (κ3) is 6.03. The molecule has 2 aromatic rings. The van der Waals surface area contributed by atoms with Gasteiger partial charge in [0.15, 0.2) is 6.61 Å². The molecular weight excluding hydrogens is 398 g/mol. The Hall–Kier alpha value is -1.76. The van der Waals surface area contributed by atoms with Gasteiger partial charge in [-0.25, -0.2) is 0 Å². The molecule has 2 rings (SSSR count). The van der Waals surface area contributed by atoms with Crippen LogP contribution in [0.4, 0.5) is 5.69 Å². The van der Waals surface area contributed by atoms with Crippen molar-refractivity contribution < 1.29 is 19.0 Å². The highest BCUT2D eigenvalue weighted by Gasteiger charge is 2.07. The highest BCUT2D eigenvalue weighted by Crippen LogP contribution is 2.27. The lowest BCUT2D eigenvalue weighted by Crippen LogP contribution is -2.20. The second-order valence-corrected chi connectivity index (χ2v) is 6.10. The summed E-state index contributed by atoms with van der Waals surface area (Å²) in [5.74, 6) is 0.891. The predicted octanol–water partition coefficient (Wildman–Crippen LogP) is 4.15. The van der Waals surface area contributed by atoms with E-state index >= 15 is 0 Å². The standard InChI is InChI=1S/C17H17BrClNO4/c1-22-8-9-23-14-5-3-13(4-6-14)20-17(21)11-24-16-7-2-12(18)10-15(16)19/h2-7,10H,8-9,11H2,1H3,(H,20,21). The molecule has 0 aromatic heterocycles. The van der Waals surface area contributed by atoms with Crippen molar-refractivity contribution in [2.24, 2.45) is 0 Å². The highest BCUT2D eigenvalue weighted by atomic mass is 79.9. The molecule has 0 aliphatic heterocycles. The predicted molar refractivity (Wildman–Crippen MR) is 97.1 cm³/mol. The minimum atomic E-state index is -0.276. The summed E-state index contributed by atoms with van der Waals surface area (Å²) in [4.78, 5) is 11.9. The number of carbonyl (C=O) groups excluding carboxylic acids is 1. The molecule has 128 valence electrons. The van der Waals surface area contributed by atoms with Gasteiger partial charge < -0.3 is 19.5 Å². The molecule has 0 saturated carbocycles. The van der Waals surface area contributed by atoms with Crippen molar-refractivity contribution in [1.82, 2.24) is 0 Å². The SMILES string of the molecule is COCCOc1ccc(NC(=O)COc2ccc(Br)cc2Cl)cc1. The summed E-state index contributed by atoms with van der Waals surface area (Å²) in [6.07, 6.45) is 0. The molecule has 0 bridgehead atoms. The first-order chi connectivity index (χ1) is 11.6. The van der Waals surface area contributed by atoms with Crippen LogP contribution >= 0.6 is 27.5 Å². The Morgan fingerprint density at radius 2 is 1.88 bits per heavy atom. The second kappa shape index (κ2) is 9.52. The van der Waals surface area contributed by atoms with E-state index in [0.717, 1.165) is 4.47 Å². The molecule has 0 unspecified atom stereocenters. The Balaban J connectivity index is 1.81. The van der Waals surface area contributed by atoms with Crippen molar-refractivity contribution in [2.45, 2.75) is 0 Å². The quantitative estimate of drug-likeness (QED) is 0.660. The monoisotopic (exact) mass is 413 g/mol. The Morgan fingerprint density at radius 3 is 2.54 bits per heavy atom. The van der Waals surface area contributed by atoms with Crippen LogP contribution < -0.4 is 14.8 Å². The normalized spacial score (nSPS) is 10.3. The van der Waals surface area contributed by atoms with Gasteiger partial charge in [-0.3, -0.25) is 4.79 Å². The van der Waals surface area contributed by atoms with E-state index in [1.165, 1.54) is 0 Å². The van der Waals surface area contributed by atoms with Crippen LogP contribution in [0.1, 0.15) is 0 Å². The molecule has 2 aromatic carbocycles. The Morgan fingerprint density at radius 1 is 1.12 bits per heavy atom. The van der Waals surface area contributed by atoms with Gasteiger partial charge in [-0.2, -0.15) is 0 Å². The van der Waals surface area contributed by atoms with E-state index in [0.29, 0.717) is 35.4 Å². The molecule has 1 N–H and O–H groups in total. The number of amides is 1. The van der Waals surface area contributed by atoms with Crippen LogP contribution in [0.3, 0.4) is 0 Å². The summed E-state index contributed by atoms with van der Waals surface area (Å²) in [7, 11) is 1.62. The van der Waals surface area contributed by atoms with Crippen molar-refractivity contribution in [3.63, 3.8) is 0 Å². The molecule has 0 radical (unpaired) electrons. The number of benzene rings is 2. The lowest BCUT2D eigenvalue weighted by molar-refractivity contribution is -0.118. The molecule has 0 atom stereocenters. The number of carbonyl (C=O) groups is 1. The van der Waals surface area contributed by atoms with Crippen molar-refractivity contribution in [3.05, 3.63) is 52.0 Å². The van der Waals surface area contributed by atoms with Crippen LogP contribution in [0.15, 0.2) is 46.9 Å². The molecule has 0 fully saturated rings. The summed E-state index contributed by atoms with van der Waals surface area (Å²) < 4.78 is 16.6. The Kier molecular flexibility index (Phi) is 7.36. The van der Waals surface area contributed by atoms with Crippen molar-refractivity contribution in [3.8, 4) is 11.5 Å². The van der Waals surface area contributed by atoms with E-state index < -0.39 is 0 Å². The van der Waals surface area contributed by atoms with Gasteiger partial charge >= 0.3 is 0 Å². The fourth-order valence-corrected chi connectivity index (χ4v) is 2.54. The zero-order valence-electron chi connectivity index (χ0n) is 13.1. The summed E-state index contributed by atoms with van der Waals surface area (Å²) in [6.45, 7) is 0.867. The van der Waals surface area contributed by atoms with E-state index in [1.54, 1.807) is 49.6 Å². The number of halogens is 2. The number of rotatable bonds is 8. The fraction of sp³-hybridized carbons (Fsp3) is 0.235. The van der Waals surface area contributed by atoms with Crippen LogP contribution in [-0.2, 0) is 9.53 Å². The van der Waals surface area contributed by atoms with Crippen LogP contribution in [0, 0.1) is 0 Å². The number of nitrogens with one attached hydrogen (secondary N) is 1. The van der Waals surface area contributed by atoms with Gasteiger partial charge in [-0.05, 0) is 42.5 Å². The maximum atomic E-state index is 11.9. The third-order valence-corrected chi connectivity index (χ3v) is 3.74. The molecule has 0 heterocycles. The zero-order chi connectivity index (χ0) is 17.4. The average molecular weight is 415 g/mol. The highest BCUT2D eigenvalue weighted by molar-refractivity contribution is 9.10. The van der Waals surface area contributed by atoms with Crippen molar-refractivity contribution in [1.29, 1.82) is 0 Å². The van der Waals surface area contributed by atoms with Gasteiger partial charge in [0, 0.05) is 17.3 Å². The smallest absolute Gasteiger partial charge is 0.262 e. The molecule has 0 spiro atoms. The fourth-order valence-electron chi connectivity index (χ4n) is 1.81. The summed E-state index contributed by atoms with van der Waals surface area (Å²) in [6, 6.07) is 12.3. The number of hydrogen-bond acceptors (Lipinski definition) is 4. The van der Waals surface area contributed by atoms with E-state index in [2.05, 4.69) is 21.2 Å². The topological polar surface area (TPSA) is 56.8 Å². The Labute approximate surface area is 154 Å². The van der Waals surface area contributed by atoms with Gasteiger partial charge in [-0.15, -0.1) is 0 Å². The van der Waals surface area contributed by atoms with E-state index in [1.807, 2.05) is 0 Å². The van der Waals surface area contributed by atoms with Gasteiger partial charge in [0.25, 0.3) is 5.91 Å². The lowest BCUT2D eigenvalue weighted by atomic mass is 10.3. The molecule has 0 aliphatic rings. The van der Waals surface area contributed by atoms with E-state index in [9.17, 15) is 4.79 Å². The first-order valence-corrected chi connectivity index (χ1v) is 8.35. The number of ether oxygens (including phenoxy) is 3. The van der Waals surface area contributed by atoms with Crippen molar-refractivity contribution in [2.75, 3.05) is 32.2 Å². The average Bonchev–Trinajstić information content (AvgIpc) is 2.56. The molecule has 7 heteroatoms.